The first-order valence-corrected chi connectivity index (χ1v) is 9.99. The second-order valence-electron chi connectivity index (χ2n) is 7.67. The molecule has 29 heavy (non-hydrogen) atoms. The van der Waals surface area contributed by atoms with Crippen molar-refractivity contribution in [3.63, 3.8) is 0 Å². The summed E-state index contributed by atoms with van der Waals surface area (Å²) in [6.45, 7) is 8.59. The summed E-state index contributed by atoms with van der Waals surface area (Å²) in [4.78, 5) is 34.8. The van der Waals surface area contributed by atoms with Crippen molar-refractivity contribution in [2.24, 2.45) is 0 Å². The molecule has 2 fully saturated rings. The number of carbonyl (C=O) groups excluding carboxylic acids is 2. The van der Waals surface area contributed by atoms with Gasteiger partial charge in [-0.15, -0.1) is 0 Å². The number of hydrogen-bond acceptors (Lipinski definition) is 5. The SMILES string of the molecule is Cc1cnc(N2CCN(C(=O)c3ccc(CN4CCOC4=O)cc3)CC2)c(C)c1. The van der Waals surface area contributed by atoms with E-state index in [1.54, 1.807) is 4.90 Å². The van der Waals surface area contributed by atoms with Crippen molar-refractivity contribution in [2.45, 2.75) is 20.4 Å². The first kappa shape index (κ1) is 19.2. The number of amides is 2. The second kappa shape index (κ2) is 8.11. The highest BCUT2D eigenvalue weighted by Crippen LogP contribution is 2.20. The number of benzene rings is 1. The number of aryl methyl sites for hydroxylation is 2. The van der Waals surface area contributed by atoms with Crippen LogP contribution in [0.2, 0.25) is 0 Å². The standard InChI is InChI=1S/C22H26N4O3/c1-16-13-17(2)20(23-14-16)24-7-9-25(10-8-24)21(27)19-5-3-18(4-6-19)15-26-11-12-29-22(26)28/h3-6,13-14H,7-12,15H2,1-2H3. The lowest BCUT2D eigenvalue weighted by Crippen LogP contribution is -2.49. The van der Waals surface area contributed by atoms with Crippen LogP contribution in [-0.2, 0) is 11.3 Å². The molecule has 4 rings (SSSR count). The minimum absolute atomic E-state index is 0.0466. The minimum atomic E-state index is -0.277. The molecule has 2 aromatic rings. The molecule has 152 valence electrons. The van der Waals surface area contributed by atoms with E-state index in [0.717, 1.165) is 30.0 Å². The lowest BCUT2D eigenvalue weighted by molar-refractivity contribution is 0.0746. The average molecular weight is 394 g/mol. The van der Waals surface area contributed by atoms with E-state index >= 15 is 0 Å². The van der Waals surface area contributed by atoms with E-state index in [0.29, 0.717) is 38.3 Å². The van der Waals surface area contributed by atoms with Crippen LogP contribution in [0.5, 0.6) is 0 Å². The summed E-state index contributed by atoms with van der Waals surface area (Å²) in [6, 6.07) is 9.65. The quantitative estimate of drug-likeness (QED) is 0.798. The van der Waals surface area contributed by atoms with Crippen LogP contribution in [0.1, 0.15) is 27.0 Å². The van der Waals surface area contributed by atoms with Crippen LogP contribution in [0.15, 0.2) is 36.5 Å². The number of carbonyl (C=O) groups is 2. The molecule has 2 aliphatic heterocycles. The van der Waals surface area contributed by atoms with Gasteiger partial charge in [-0.2, -0.15) is 0 Å². The molecule has 0 N–H and O–H groups in total. The molecule has 0 aliphatic carbocycles. The zero-order valence-corrected chi connectivity index (χ0v) is 16.9. The van der Waals surface area contributed by atoms with Crippen molar-refractivity contribution in [1.82, 2.24) is 14.8 Å². The molecular weight excluding hydrogens is 368 g/mol. The third-order valence-corrected chi connectivity index (χ3v) is 5.47. The number of nitrogens with zero attached hydrogens (tertiary/aromatic N) is 4. The lowest BCUT2D eigenvalue weighted by Gasteiger charge is -2.36. The van der Waals surface area contributed by atoms with Crippen molar-refractivity contribution in [2.75, 3.05) is 44.2 Å². The second-order valence-corrected chi connectivity index (χ2v) is 7.67. The fourth-order valence-corrected chi connectivity index (χ4v) is 3.89. The number of ether oxygens (including phenoxy) is 1. The Morgan fingerprint density at radius 3 is 2.41 bits per heavy atom. The molecule has 1 aromatic heterocycles. The molecule has 0 spiro atoms. The normalized spacial score (nSPS) is 16.9. The first-order chi connectivity index (χ1) is 14.0. The van der Waals surface area contributed by atoms with E-state index in [1.807, 2.05) is 42.3 Å². The summed E-state index contributed by atoms with van der Waals surface area (Å²) in [7, 11) is 0. The van der Waals surface area contributed by atoms with Gasteiger partial charge in [0.15, 0.2) is 0 Å². The number of hydrogen-bond donors (Lipinski definition) is 0. The Labute approximate surface area is 170 Å². The minimum Gasteiger partial charge on any atom is -0.448 e. The molecule has 1 aromatic carbocycles. The van der Waals surface area contributed by atoms with Crippen LogP contribution in [0.25, 0.3) is 0 Å². The van der Waals surface area contributed by atoms with Crippen molar-refractivity contribution < 1.29 is 14.3 Å². The molecule has 0 saturated carbocycles. The maximum Gasteiger partial charge on any atom is 0.410 e. The van der Waals surface area contributed by atoms with E-state index < -0.39 is 0 Å². The van der Waals surface area contributed by atoms with Crippen molar-refractivity contribution in [1.29, 1.82) is 0 Å². The Bertz CT molecular complexity index is 905. The average Bonchev–Trinajstić information content (AvgIpc) is 3.13. The Hall–Kier alpha value is -3.09. The number of piperazine rings is 1. The summed E-state index contributed by atoms with van der Waals surface area (Å²) in [5.74, 6) is 1.05. The third kappa shape index (κ3) is 4.18. The Kier molecular flexibility index (Phi) is 5.38. The highest BCUT2D eigenvalue weighted by atomic mass is 16.6. The van der Waals surface area contributed by atoms with Gasteiger partial charge in [0.1, 0.15) is 12.4 Å². The van der Waals surface area contributed by atoms with Crippen LogP contribution >= 0.6 is 0 Å². The Balaban J connectivity index is 1.35. The number of pyridine rings is 1. The molecular formula is C22H26N4O3. The van der Waals surface area contributed by atoms with Crippen molar-refractivity contribution in [3.8, 4) is 0 Å². The zero-order chi connectivity index (χ0) is 20.4. The largest absolute Gasteiger partial charge is 0.448 e. The van der Waals surface area contributed by atoms with E-state index in [9.17, 15) is 9.59 Å². The molecule has 3 heterocycles. The molecule has 0 atom stereocenters. The maximum absolute atomic E-state index is 12.9. The fourth-order valence-electron chi connectivity index (χ4n) is 3.89. The Morgan fingerprint density at radius 1 is 1.07 bits per heavy atom. The van der Waals surface area contributed by atoms with Crippen molar-refractivity contribution in [3.05, 3.63) is 58.8 Å². The molecule has 2 aliphatic rings. The monoisotopic (exact) mass is 394 g/mol. The van der Waals surface area contributed by atoms with Gasteiger partial charge in [0.2, 0.25) is 0 Å². The van der Waals surface area contributed by atoms with Gasteiger partial charge < -0.3 is 19.4 Å². The van der Waals surface area contributed by atoms with Gasteiger partial charge >= 0.3 is 6.09 Å². The molecule has 0 radical (unpaired) electrons. The predicted molar refractivity (Wildman–Crippen MR) is 110 cm³/mol. The lowest BCUT2D eigenvalue weighted by atomic mass is 10.1. The summed E-state index contributed by atoms with van der Waals surface area (Å²) in [5, 5.41) is 0. The van der Waals surface area contributed by atoms with Gasteiger partial charge in [0, 0.05) is 44.5 Å². The number of anilines is 1. The van der Waals surface area contributed by atoms with Crippen LogP contribution in [-0.4, -0.2) is 66.1 Å². The van der Waals surface area contributed by atoms with Crippen LogP contribution < -0.4 is 4.90 Å². The molecule has 2 saturated heterocycles. The number of aromatic nitrogens is 1. The fraction of sp³-hybridized carbons (Fsp3) is 0.409. The van der Waals surface area contributed by atoms with Crippen LogP contribution in [0.3, 0.4) is 0 Å². The van der Waals surface area contributed by atoms with Crippen LogP contribution in [0.4, 0.5) is 10.6 Å². The first-order valence-electron chi connectivity index (χ1n) is 9.99. The molecule has 0 unspecified atom stereocenters. The highest BCUT2D eigenvalue weighted by molar-refractivity contribution is 5.94. The topological polar surface area (TPSA) is 66.0 Å². The van der Waals surface area contributed by atoms with Gasteiger partial charge in [-0.1, -0.05) is 18.2 Å². The van der Waals surface area contributed by atoms with Gasteiger partial charge in [-0.05, 0) is 42.7 Å². The number of cyclic esters (lactones) is 1. The van der Waals surface area contributed by atoms with Gasteiger partial charge in [0.25, 0.3) is 5.91 Å². The Morgan fingerprint density at radius 2 is 1.79 bits per heavy atom. The summed E-state index contributed by atoms with van der Waals surface area (Å²) >= 11 is 0. The zero-order valence-electron chi connectivity index (χ0n) is 16.9. The molecule has 0 bridgehead atoms. The maximum atomic E-state index is 12.9. The summed E-state index contributed by atoms with van der Waals surface area (Å²) in [6.07, 6.45) is 1.62. The van der Waals surface area contributed by atoms with E-state index in [1.165, 1.54) is 5.56 Å². The van der Waals surface area contributed by atoms with E-state index in [-0.39, 0.29) is 12.0 Å². The van der Waals surface area contributed by atoms with Gasteiger partial charge in [-0.25, -0.2) is 9.78 Å². The smallest absolute Gasteiger partial charge is 0.410 e. The summed E-state index contributed by atoms with van der Waals surface area (Å²) in [5.41, 5.74) is 3.99. The van der Waals surface area contributed by atoms with Gasteiger partial charge in [-0.3, -0.25) is 4.79 Å². The van der Waals surface area contributed by atoms with Crippen molar-refractivity contribution >= 4 is 17.8 Å². The van der Waals surface area contributed by atoms with E-state index in [4.69, 9.17) is 4.74 Å². The van der Waals surface area contributed by atoms with E-state index in [2.05, 4.69) is 22.9 Å². The predicted octanol–water partition coefficient (Wildman–Crippen LogP) is 2.61. The highest BCUT2D eigenvalue weighted by Gasteiger charge is 2.24. The number of rotatable bonds is 4. The third-order valence-electron chi connectivity index (χ3n) is 5.47. The summed E-state index contributed by atoms with van der Waals surface area (Å²) < 4.78 is 4.95. The van der Waals surface area contributed by atoms with Crippen LogP contribution in [0, 0.1) is 13.8 Å². The van der Waals surface area contributed by atoms with Gasteiger partial charge in [0.05, 0.1) is 6.54 Å². The molecule has 7 nitrogen and oxygen atoms in total. The molecule has 2 amide bonds. The molecule has 7 heteroatoms.